The van der Waals surface area contributed by atoms with Crippen LogP contribution in [0.2, 0.25) is 0 Å². The molecule has 2 aromatic heterocycles. The number of nitrogen functional groups attached to an aromatic ring is 2. The monoisotopic (exact) mass is 138 g/mol. The van der Waals surface area contributed by atoms with Gasteiger partial charge >= 0.3 is 0 Å². The Labute approximate surface area is 55.7 Å². The standard InChI is InChI=1S/C4H6N6/c5-3-7-1-2(9-3)10-4(6)8-1/h(H3,5,7,9)(H3,6,8,10). The zero-order valence-electron chi connectivity index (χ0n) is 5.05. The lowest BCUT2D eigenvalue weighted by molar-refractivity contribution is 1.25. The van der Waals surface area contributed by atoms with Crippen LogP contribution in [-0.2, 0) is 0 Å². The predicted octanol–water partition coefficient (Wildman–Crippen LogP) is -0.550. The van der Waals surface area contributed by atoms with Crippen molar-refractivity contribution in [3.05, 3.63) is 0 Å². The first-order chi connectivity index (χ1) is 4.75. The first-order valence-electron chi connectivity index (χ1n) is 2.72. The molecule has 2 rings (SSSR count). The summed E-state index contributed by atoms with van der Waals surface area (Å²) in [4.78, 5) is 13.2. The maximum Gasteiger partial charge on any atom is 0.201 e. The van der Waals surface area contributed by atoms with Gasteiger partial charge in [-0.1, -0.05) is 0 Å². The van der Waals surface area contributed by atoms with Gasteiger partial charge in [-0.05, 0) is 0 Å². The van der Waals surface area contributed by atoms with Crippen LogP contribution in [0.4, 0.5) is 11.9 Å². The summed E-state index contributed by atoms with van der Waals surface area (Å²) in [6, 6.07) is 0. The second-order valence-electron chi connectivity index (χ2n) is 1.94. The van der Waals surface area contributed by atoms with Crippen LogP contribution in [0.1, 0.15) is 0 Å². The average molecular weight is 138 g/mol. The molecule has 0 spiro atoms. The van der Waals surface area contributed by atoms with Crippen molar-refractivity contribution in [1.82, 2.24) is 19.9 Å². The normalized spacial score (nSPS) is 10.8. The van der Waals surface area contributed by atoms with E-state index in [2.05, 4.69) is 19.9 Å². The quantitative estimate of drug-likeness (QED) is 0.391. The fourth-order valence-corrected chi connectivity index (χ4v) is 0.820. The molecule has 0 saturated heterocycles. The van der Waals surface area contributed by atoms with Crippen LogP contribution in [0.15, 0.2) is 0 Å². The number of nitrogens with two attached hydrogens (primary N) is 2. The van der Waals surface area contributed by atoms with E-state index in [1.165, 1.54) is 0 Å². The van der Waals surface area contributed by atoms with Gasteiger partial charge in [-0.2, -0.15) is 9.97 Å². The summed E-state index contributed by atoms with van der Waals surface area (Å²) in [6.07, 6.45) is 0. The van der Waals surface area contributed by atoms with Crippen molar-refractivity contribution >= 4 is 23.2 Å². The Kier molecular flexibility index (Phi) is 0.717. The van der Waals surface area contributed by atoms with E-state index in [0.29, 0.717) is 23.2 Å². The number of nitrogens with zero attached hydrogens (tertiary/aromatic N) is 2. The molecule has 0 fully saturated rings. The Morgan fingerprint density at radius 1 is 1.00 bits per heavy atom. The van der Waals surface area contributed by atoms with Crippen LogP contribution in [0.25, 0.3) is 11.3 Å². The molecule has 0 radical (unpaired) electrons. The summed E-state index contributed by atoms with van der Waals surface area (Å²) in [5, 5.41) is 0. The molecule has 10 heavy (non-hydrogen) atoms. The first kappa shape index (κ1) is 5.10. The highest BCUT2D eigenvalue weighted by atomic mass is 15.2. The number of H-pyrrole nitrogens is 2. The number of nitrogens with one attached hydrogen (secondary N) is 2. The Morgan fingerprint density at radius 3 is 1.90 bits per heavy atom. The Bertz CT molecular complexity index is 294. The lowest BCUT2D eigenvalue weighted by Crippen LogP contribution is -1.89. The van der Waals surface area contributed by atoms with Crippen molar-refractivity contribution in [2.75, 3.05) is 11.5 Å². The summed E-state index contributed by atoms with van der Waals surface area (Å²) in [6.45, 7) is 0. The third-order valence-electron chi connectivity index (χ3n) is 1.18. The highest BCUT2D eigenvalue weighted by Crippen LogP contribution is 2.09. The van der Waals surface area contributed by atoms with Gasteiger partial charge in [0.1, 0.15) is 0 Å². The van der Waals surface area contributed by atoms with Gasteiger partial charge in [-0.15, -0.1) is 0 Å². The second-order valence-corrected chi connectivity index (χ2v) is 1.94. The van der Waals surface area contributed by atoms with Gasteiger partial charge in [0.25, 0.3) is 0 Å². The third kappa shape index (κ3) is 0.524. The molecule has 2 heterocycles. The van der Waals surface area contributed by atoms with E-state index in [4.69, 9.17) is 11.5 Å². The smallest absolute Gasteiger partial charge is 0.201 e. The van der Waals surface area contributed by atoms with E-state index in [1.807, 2.05) is 0 Å². The highest BCUT2D eigenvalue weighted by Gasteiger charge is 2.02. The van der Waals surface area contributed by atoms with Gasteiger partial charge in [0.15, 0.2) is 11.3 Å². The third-order valence-corrected chi connectivity index (χ3v) is 1.18. The van der Waals surface area contributed by atoms with Crippen LogP contribution in [0.3, 0.4) is 0 Å². The zero-order valence-corrected chi connectivity index (χ0v) is 5.05. The molecule has 0 unspecified atom stereocenters. The summed E-state index contributed by atoms with van der Waals surface area (Å²) in [7, 11) is 0. The summed E-state index contributed by atoms with van der Waals surface area (Å²) >= 11 is 0. The van der Waals surface area contributed by atoms with Gasteiger partial charge in [0.05, 0.1) is 0 Å². The largest absolute Gasteiger partial charge is 0.369 e. The van der Waals surface area contributed by atoms with Gasteiger partial charge in [-0.3, -0.25) is 0 Å². The van der Waals surface area contributed by atoms with Crippen LogP contribution >= 0.6 is 0 Å². The number of fused-ring (bicyclic) bond motifs is 1. The van der Waals surface area contributed by atoms with E-state index in [0.717, 1.165) is 0 Å². The zero-order chi connectivity index (χ0) is 7.14. The molecular formula is C4H6N6. The summed E-state index contributed by atoms with van der Waals surface area (Å²) < 4.78 is 0. The van der Waals surface area contributed by atoms with Crippen molar-refractivity contribution in [3.8, 4) is 0 Å². The fraction of sp³-hybridized carbons (Fsp3) is 0. The average Bonchev–Trinajstić information content (AvgIpc) is 2.21. The van der Waals surface area contributed by atoms with Gasteiger partial charge in [-0.25, -0.2) is 0 Å². The minimum atomic E-state index is 0.341. The number of rotatable bonds is 0. The number of aromatic amines is 2. The first-order valence-corrected chi connectivity index (χ1v) is 2.72. The minimum absolute atomic E-state index is 0.341. The molecule has 0 aliphatic rings. The number of hydrogen-bond acceptors (Lipinski definition) is 4. The SMILES string of the molecule is Nc1nc2nc(N)[nH]c2[nH]1. The lowest BCUT2D eigenvalue weighted by Gasteiger charge is -1.78. The van der Waals surface area contributed by atoms with Crippen molar-refractivity contribution in [2.24, 2.45) is 0 Å². The lowest BCUT2D eigenvalue weighted by atomic mass is 10.8. The van der Waals surface area contributed by atoms with E-state index in [9.17, 15) is 0 Å². The second kappa shape index (κ2) is 1.41. The Hall–Kier alpha value is -1.72. The molecule has 6 nitrogen and oxygen atoms in total. The fourth-order valence-electron chi connectivity index (χ4n) is 0.820. The molecule has 0 atom stereocenters. The molecule has 0 amide bonds. The predicted molar refractivity (Wildman–Crippen MR) is 37.1 cm³/mol. The van der Waals surface area contributed by atoms with Gasteiger partial charge in [0, 0.05) is 0 Å². The number of anilines is 2. The molecule has 52 valence electrons. The Morgan fingerprint density at radius 2 is 1.50 bits per heavy atom. The minimum Gasteiger partial charge on any atom is -0.369 e. The van der Waals surface area contributed by atoms with E-state index >= 15 is 0 Å². The van der Waals surface area contributed by atoms with Crippen molar-refractivity contribution in [1.29, 1.82) is 0 Å². The van der Waals surface area contributed by atoms with Crippen LogP contribution in [-0.4, -0.2) is 19.9 Å². The highest BCUT2D eigenvalue weighted by molar-refractivity contribution is 5.71. The van der Waals surface area contributed by atoms with Crippen LogP contribution in [0.5, 0.6) is 0 Å². The molecule has 0 saturated carbocycles. The molecule has 6 N–H and O–H groups in total. The number of hydrogen-bond donors (Lipinski definition) is 4. The number of imidazole rings is 2. The molecule has 6 heteroatoms. The van der Waals surface area contributed by atoms with Crippen LogP contribution in [0, 0.1) is 0 Å². The Balaban J connectivity index is 2.83. The molecule has 0 aromatic carbocycles. The number of aromatic nitrogens is 4. The van der Waals surface area contributed by atoms with Gasteiger partial charge < -0.3 is 21.4 Å². The van der Waals surface area contributed by atoms with E-state index in [-0.39, 0.29) is 0 Å². The maximum atomic E-state index is 5.32. The van der Waals surface area contributed by atoms with E-state index in [1.54, 1.807) is 0 Å². The molecule has 0 aliphatic carbocycles. The maximum absolute atomic E-state index is 5.32. The van der Waals surface area contributed by atoms with Crippen molar-refractivity contribution in [3.63, 3.8) is 0 Å². The topological polar surface area (TPSA) is 109 Å². The van der Waals surface area contributed by atoms with E-state index < -0.39 is 0 Å². The molecule has 2 aromatic rings. The van der Waals surface area contributed by atoms with Crippen molar-refractivity contribution in [2.45, 2.75) is 0 Å². The molecule has 0 aliphatic heterocycles. The van der Waals surface area contributed by atoms with Crippen LogP contribution < -0.4 is 11.5 Å². The van der Waals surface area contributed by atoms with Crippen molar-refractivity contribution < 1.29 is 0 Å². The summed E-state index contributed by atoms with van der Waals surface area (Å²) in [5.74, 6) is 0.683. The van der Waals surface area contributed by atoms with Gasteiger partial charge in [0.2, 0.25) is 11.9 Å². The molecular weight excluding hydrogens is 132 g/mol. The summed E-state index contributed by atoms with van der Waals surface area (Å²) in [5.41, 5.74) is 11.8. The molecule has 0 bridgehead atoms.